The lowest BCUT2D eigenvalue weighted by Gasteiger charge is -1.94. The van der Waals surface area contributed by atoms with E-state index in [1.54, 1.807) is 12.1 Å². The molecule has 0 saturated carbocycles. The van der Waals surface area contributed by atoms with Crippen molar-refractivity contribution in [1.82, 2.24) is 9.97 Å². The fourth-order valence-electron chi connectivity index (χ4n) is 1.20. The molecule has 6 heteroatoms. The highest BCUT2D eigenvalue weighted by molar-refractivity contribution is 5.81. The first-order valence-electron chi connectivity index (χ1n) is 4.80. The van der Waals surface area contributed by atoms with Crippen molar-refractivity contribution in [2.75, 3.05) is 0 Å². The van der Waals surface area contributed by atoms with Crippen LogP contribution in [0.2, 0.25) is 0 Å². The smallest absolute Gasteiger partial charge is 0.325 e. The Morgan fingerprint density at radius 2 is 1.88 bits per heavy atom. The van der Waals surface area contributed by atoms with Gasteiger partial charge >= 0.3 is 5.69 Å². The predicted octanol–water partition coefficient (Wildman–Crippen LogP) is 0.519. The van der Waals surface area contributed by atoms with Gasteiger partial charge in [0.1, 0.15) is 11.4 Å². The van der Waals surface area contributed by atoms with Gasteiger partial charge in [-0.15, -0.1) is 0 Å². The van der Waals surface area contributed by atoms with Crippen LogP contribution in [0.4, 0.5) is 5.69 Å². The minimum atomic E-state index is -0.571. The molecule has 0 aliphatic carbocycles. The van der Waals surface area contributed by atoms with Crippen LogP contribution in [0, 0.1) is 0 Å². The van der Waals surface area contributed by atoms with Gasteiger partial charge in [-0.25, -0.2) is 9.79 Å². The maximum atomic E-state index is 11.3. The number of aromatic nitrogens is 2. The van der Waals surface area contributed by atoms with Crippen molar-refractivity contribution in [3.05, 3.63) is 56.9 Å². The normalized spacial score (nSPS) is 10.8. The number of benzene rings is 1. The van der Waals surface area contributed by atoms with Crippen LogP contribution in [0.25, 0.3) is 0 Å². The predicted molar refractivity (Wildman–Crippen MR) is 63.0 cm³/mol. The van der Waals surface area contributed by atoms with Crippen LogP contribution in [-0.4, -0.2) is 21.3 Å². The third kappa shape index (κ3) is 2.69. The largest absolute Gasteiger partial charge is 0.508 e. The maximum Gasteiger partial charge on any atom is 0.325 e. The Morgan fingerprint density at radius 1 is 1.18 bits per heavy atom. The van der Waals surface area contributed by atoms with E-state index in [-0.39, 0.29) is 11.4 Å². The summed E-state index contributed by atoms with van der Waals surface area (Å²) in [4.78, 5) is 30.4. The highest BCUT2D eigenvalue weighted by Gasteiger charge is 1.96. The van der Waals surface area contributed by atoms with Gasteiger partial charge in [-0.1, -0.05) is 0 Å². The molecule has 0 radical (unpaired) electrons. The van der Waals surface area contributed by atoms with Gasteiger partial charge in [0.25, 0.3) is 5.56 Å². The molecule has 0 aliphatic heterocycles. The van der Waals surface area contributed by atoms with Crippen LogP contribution >= 0.6 is 0 Å². The molecule has 1 aromatic carbocycles. The molecule has 6 nitrogen and oxygen atoms in total. The molecule has 1 heterocycles. The van der Waals surface area contributed by atoms with Crippen molar-refractivity contribution in [3.8, 4) is 5.75 Å². The van der Waals surface area contributed by atoms with Crippen molar-refractivity contribution in [1.29, 1.82) is 0 Å². The molecule has 17 heavy (non-hydrogen) atoms. The van der Waals surface area contributed by atoms with E-state index in [4.69, 9.17) is 5.11 Å². The third-order valence-corrected chi connectivity index (χ3v) is 2.05. The summed E-state index contributed by atoms with van der Waals surface area (Å²) in [5.74, 6) is 0.157. The van der Waals surface area contributed by atoms with Crippen LogP contribution < -0.4 is 11.2 Å². The molecule has 0 saturated heterocycles. The number of nitrogens with one attached hydrogen (secondary N) is 2. The molecule has 1 aromatic heterocycles. The average molecular weight is 231 g/mol. The molecule has 0 spiro atoms. The molecule has 0 amide bonds. The summed E-state index contributed by atoms with van der Waals surface area (Å²) in [6.45, 7) is 0. The number of phenolic OH excluding ortho intramolecular Hbond substituents is 1. The number of H-pyrrole nitrogens is 2. The lowest BCUT2D eigenvalue weighted by atomic mass is 10.2. The van der Waals surface area contributed by atoms with Crippen LogP contribution in [0.1, 0.15) is 5.56 Å². The zero-order valence-electron chi connectivity index (χ0n) is 8.68. The number of aliphatic imine (C=N–C) groups is 1. The van der Waals surface area contributed by atoms with E-state index in [1.807, 2.05) is 0 Å². The molecule has 0 atom stereocenters. The second-order valence-electron chi connectivity index (χ2n) is 3.31. The van der Waals surface area contributed by atoms with Gasteiger partial charge in [0.15, 0.2) is 0 Å². The fourth-order valence-corrected chi connectivity index (χ4v) is 1.20. The summed E-state index contributed by atoms with van der Waals surface area (Å²) in [6, 6.07) is 6.33. The standard InChI is InChI=1S/C11H9N3O3/c15-8-3-1-7(2-4-8)5-12-9-6-13-11(17)14-10(9)16/h1-6,15H,(H2,13,14,16,17). The average Bonchev–Trinajstić information content (AvgIpc) is 2.30. The van der Waals surface area contributed by atoms with E-state index in [0.29, 0.717) is 0 Å². The number of rotatable bonds is 2. The maximum absolute atomic E-state index is 11.3. The Bertz CT molecular complexity index is 653. The number of hydrogen-bond acceptors (Lipinski definition) is 4. The molecule has 0 fully saturated rings. The molecule has 0 unspecified atom stereocenters. The van der Waals surface area contributed by atoms with Crippen molar-refractivity contribution in [2.24, 2.45) is 4.99 Å². The molecule has 0 bridgehead atoms. The minimum Gasteiger partial charge on any atom is -0.508 e. The second kappa shape index (κ2) is 4.48. The Kier molecular flexibility index (Phi) is 2.87. The van der Waals surface area contributed by atoms with Gasteiger partial charge < -0.3 is 10.1 Å². The van der Waals surface area contributed by atoms with E-state index < -0.39 is 11.2 Å². The lowest BCUT2D eigenvalue weighted by molar-refractivity contribution is 0.475. The highest BCUT2D eigenvalue weighted by Crippen LogP contribution is 2.08. The summed E-state index contributed by atoms with van der Waals surface area (Å²) >= 11 is 0. The van der Waals surface area contributed by atoms with Gasteiger partial charge in [0.05, 0.1) is 0 Å². The van der Waals surface area contributed by atoms with Crippen LogP contribution in [-0.2, 0) is 0 Å². The van der Waals surface area contributed by atoms with Gasteiger partial charge in [-0.3, -0.25) is 9.78 Å². The molecule has 2 rings (SSSR count). The van der Waals surface area contributed by atoms with Crippen molar-refractivity contribution in [3.63, 3.8) is 0 Å². The van der Waals surface area contributed by atoms with Crippen molar-refractivity contribution < 1.29 is 5.11 Å². The number of phenols is 1. The van der Waals surface area contributed by atoms with Crippen molar-refractivity contribution in [2.45, 2.75) is 0 Å². The van der Waals surface area contributed by atoms with E-state index in [0.717, 1.165) is 5.56 Å². The highest BCUT2D eigenvalue weighted by atomic mass is 16.3. The first-order chi connectivity index (χ1) is 8.15. The molecule has 2 aromatic rings. The first-order valence-corrected chi connectivity index (χ1v) is 4.80. The Hall–Kier alpha value is -2.63. The van der Waals surface area contributed by atoms with E-state index >= 15 is 0 Å². The Balaban J connectivity index is 2.29. The zero-order chi connectivity index (χ0) is 12.3. The van der Waals surface area contributed by atoms with Gasteiger partial charge in [-0.05, 0) is 29.8 Å². The summed E-state index contributed by atoms with van der Waals surface area (Å²) in [5, 5.41) is 9.08. The van der Waals surface area contributed by atoms with Gasteiger partial charge in [0, 0.05) is 12.4 Å². The van der Waals surface area contributed by atoms with E-state index in [1.165, 1.54) is 24.5 Å². The van der Waals surface area contributed by atoms with Crippen LogP contribution in [0.3, 0.4) is 0 Å². The Labute approximate surface area is 95.3 Å². The van der Waals surface area contributed by atoms with Gasteiger partial charge in [-0.2, -0.15) is 0 Å². The molecule has 86 valence electrons. The Morgan fingerprint density at radius 3 is 2.53 bits per heavy atom. The molecule has 0 aliphatic rings. The minimum absolute atomic E-state index is 0.109. The fraction of sp³-hybridized carbons (Fsp3) is 0. The van der Waals surface area contributed by atoms with Gasteiger partial charge in [0.2, 0.25) is 0 Å². The van der Waals surface area contributed by atoms with E-state index in [2.05, 4.69) is 15.0 Å². The molecular formula is C11H9N3O3. The monoisotopic (exact) mass is 231 g/mol. The molecule has 3 N–H and O–H groups in total. The summed E-state index contributed by atoms with van der Waals surface area (Å²) in [7, 11) is 0. The number of hydrogen-bond donors (Lipinski definition) is 3. The SMILES string of the molecule is O=c1[nH]cc(N=Cc2ccc(O)cc2)c(=O)[nH]1. The second-order valence-corrected chi connectivity index (χ2v) is 3.31. The summed E-state index contributed by atoms with van der Waals surface area (Å²) in [6.07, 6.45) is 2.69. The van der Waals surface area contributed by atoms with E-state index in [9.17, 15) is 9.59 Å². The zero-order valence-corrected chi connectivity index (χ0v) is 8.68. The van der Waals surface area contributed by atoms with Crippen LogP contribution in [0.5, 0.6) is 5.75 Å². The number of aromatic hydroxyl groups is 1. The molecular weight excluding hydrogens is 222 g/mol. The summed E-state index contributed by atoms with van der Waals surface area (Å²) < 4.78 is 0. The third-order valence-electron chi connectivity index (χ3n) is 2.05. The first kappa shape index (κ1) is 10.9. The number of aromatic amines is 2. The van der Waals surface area contributed by atoms with Crippen molar-refractivity contribution >= 4 is 11.9 Å². The quantitative estimate of drug-likeness (QED) is 0.657. The number of nitrogens with zero attached hydrogens (tertiary/aromatic N) is 1. The topological polar surface area (TPSA) is 98.3 Å². The lowest BCUT2D eigenvalue weighted by Crippen LogP contribution is -2.20. The summed E-state index contributed by atoms with van der Waals surface area (Å²) in [5.41, 5.74) is -0.284. The van der Waals surface area contributed by atoms with Crippen LogP contribution in [0.15, 0.2) is 45.0 Å².